The predicted molar refractivity (Wildman–Crippen MR) is 112 cm³/mol. The molecule has 0 aliphatic heterocycles. The molecule has 0 nitrogen and oxygen atoms in total. The highest BCUT2D eigenvalue weighted by molar-refractivity contribution is 5.73. The van der Waals surface area contributed by atoms with Crippen molar-refractivity contribution in [2.45, 2.75) is 13.8 Å². The number of benzene rings is 4. The van der Waals surface area contributed by atoms with Crippen molar-refractivity contribution >= 4 is 0 Å². The van der Waals surface area contributed by atoms with Crippen molar-refractivity contribution in [1.82, 2.24) is 0 Å². The van der Waals surface area contributed by atoms with Crippen LogP contribution in [0, 0.1) is 13.8 Å². The van der Waals surface area contributed by atoms with Crippen LogP contribution in [-0.4, -0.2) is 0 Å². The van der Waals surface area contributed by atoms with Crippen molar-refractivity contribution in [3.05, 3.63) is 108 Å². The molecule has 0 atom stereocenters. The molecule has 0 unspecified atom stereocenters. The Kier molecular flexibility index (Phi) is 4.41. The molecule has 126 valence electrons. The molecule has 0 fully saturated rings. The van der Waals surface area contributed by atoms with Gasteiger partial charge in [-0.2, -0.15) is 0 Å². The molecule has 0 N–H and O–H groups in total. The molecule has 0 spiro atoms. The first-order valence-corrected chi connectivity index (χ1v) is 9.04. The number of aryl methyl sites for hydroxylation is 2. The molecular formula is C26H22. The Hall–Kier alpha value is -3.12. The van der Waals surface area contributed by atoms with Crippen LogP contribution in [0.2, 0.25) is 0 Å². The first kappa shape index (κ1) is 16.4. The minimum atomic E-state index is 1.25. The fourth-order valence-corrected chi connectivity index (χ4v) is 3.20. The van der Waals surface area contributed by atoms with Crippen molar-refractivity contribution < 1.29 is 0 Å². The number of rotatable bonds is 3. The average Bonchev–Trinajstić information content (AvgIpc) is 2.70. The Morgan fingerprint density at radius 1 is 0.269 bits per heavy atom. The summed E-state index contributed by atoms with van der Waals surface area (Å²) in [6.07, 6.45) is 0. The molecule has 0 radical (unpaired) electrons. The smallest absolute Gasteiger partial charge is 0.0184 e. The second kappa shape index (κ2) is 7.01. The normalized spacial score (nSPS) is 10.7. The van der Waals surface area contributed by atoms with E-state index in [0.29, 0.717) is 0 Å². The summed E-state index contributed by atoms with van der Waals surface area (Å²) in [5.41, 5.74) is 10.1. The standard InChI is InChI=1S/C26H22/c1-19-3-7-21(8-4-19)23-11-15-25(16-12-23)26-17-13-24(14-18-26)22-9-5-20(2)6-10-22/h3-18H,1-2H3. The van der Waals surface area contributed by atoms with Crippen LogP contribution in [0.25, 0.3) is 33.4 Å². The van der Waals surface area contributed by atoms with Gasteiger partial charge in [-0.3, -0.25) is 0 Å². The Morgan fingerprint density at radius 2 is 0.423 bits per heavy atom. The van der Waals surface area contributed by atoms with Crippen LogP contribution >= 0.6 is 0 Å². The highest BCUT2D eigenvalue weighted by atomic mass is 14.1. The third-order valence-electron chi connectivity index (χ3n) is 4.87. The minimum Gasteiger partial charge on any atom is -0.0587 e. The average molecular weight is 334 g/mol. The minimum absolute atomic E-state index is 1.25. The molecule has 4 aromatic rings. The van der Waals surface area contributed by atoms with Gasteiger partial charge in [0.05, 0.1) is 0 Å². The molecule has 4 aromatic carbocycles. The van der Waals surface area contributed by atoms with E-state index in [9.17, 15) is 0 Å². The lowest BCUT2D eigenvalue weighted by Crippen LogP contribution is -1.82. The van der Waals surface area contributed by atoms with Crippen molar-refractivity contribution in [2.75, 3.05) is 0 Å². The lowest BCUT2D eigenvalue weighted by molar-refractivity contribution is 1.47. The maximum Gasteiger partial charge on any atom is -0.0184 e. The van der Waals surface area contributed by atoms with E-state index < -0.39 is 0 Å². The van der Waals surface area contributed by atoms with Crippen LogP contribution in [0.3, 0.4) is 0 Å². The Balaban J connectivity index is 1.57. The van der Waals surface area contributed by atoms with Crippen LogP contribution < -0.4 is 0 Å². The van der Waals surface area contributed by atoms with E-state index in [1.54, 1.807) is 0 Å². The highest BCUT2D eigenvalue weighted by Crippen LogP contribution is 2.27. The summed E-state index contributed by atoms with van der Waals surface area (Å²) in [4.78, 5) is 0. The van der Waals surface area contributed by atoms with Crippen molar-refractivity contribution in [3.8, 4) is 33.4 Å². The van der Waals surface area contributed by atoms with Crippen LogP contribution in [0.1, 0.15) is 11.1 Å². The third kappa shape index (κ3) is 3.45. The summed E-state index contributed by atoms with van der Waals surface area (Å²) in [7, 11) is 0. The van der Waals surface area contributed by atoms with Crippen LogP contribution in [0.15, 0.2) is 97.1 Å². The lowest BCUT2D eigenvalue weighted by atomic mass is 9.97. The predicted octanol–water partition coefficient (Wildman–Crippen LogP) is 7.30. The van der Waals surface area contributed by atoms with Gasteiger partial charge in [-0.25, -0.2) is 0 Å². The van der Waals surface area contributed by atoms with Gasteiger partial charge in [0.15, 0.2) is 0 Å². The first-order valence-electron chi connectivity index (χ1n) is 9.04. The molecular weight excluding hydrogens is 312 g/mol. The molecule has 0 saturated heterocycles. The fraction of sp³-hybridized carbons (Fsp3) is 0.0769. The van der Waals surface area contributed by atoms with Gasteiger partial charge < -0.3 is 0 Å². The SMILES string of the molecule is Cc1ccc(-c2ccc(-c3ccc(-c4ccc(C)cc4)cc3)cc2)cc1. The molecule has 0 saturated carbocycles. The van der Waals surface area contributed by atoms with Crippen molar-refractivity contribution in [2.24, 2.45) is 0 Å². The second-order valence-corrected chi connectivity index (χ2v) is 6.89. The molecule has 0 amide bonds. The number of hydrogen-bond acceptors (Lipinski definition) is 0. The van der Waals surface area contributed by atoms with Crippen LogP contribution in [0.4, 0.5) is 0 Å². The Labute approximate surface area is 155 Å². The second-order valence-electron chi connectivity index (χ2n) is 6.89. The first-order chi connectivity index (χ1) is 12.7. The van der Waals surface area contributed by atoms with E-state index in [-0.39, 0.29) is 0 Å². The molecule has 0 heteroatoms. The summed E-state index contributed by atoms with van der Waals surface area (Å²) in [6, 6.07) is 35.0. The topological polar surface area (TPSA) is 0 Å². The van der Waals surface area contributed by atoms with E-state index in [1.165, 1.54) is 44.5 Å². The van der Waals surface area contributed by atoms with Gasteiger partial charge in [0.2, 0.25) is 0 Å². The van der Waals surface area contributed by atoms with Gasteiger partial charge in [-0.15, -0.1) is 0 Å². The van der Waals surface area contributed by atoms with Crippen molar-refractivity contribution in [3.63, 3.8) is 0 Å². The highest BCUT2D eigenvalue weighted by Gasteiger charge is 2.02. The zero-order chi connectivity index (χ0) is 17.9. The molecule has 26 heavy (non-hydrogen) atoms. The van der Waals surface area contributed by atoms with E-state index in [2.05, 4.69) is 111 Å². The molecule has 0 aromatic heterocycles. The summed E-state index contributed by atoms with van der Waals surface area (Å²) in [6.45, 7) is 4.24. The summed E-state index contributed by atoms with van der Waals surface area (Å²) in [5, 5.41) is 0. The van der Waals surface area contributed by atoms with Gasteiger partial charge >= 0.3 is 0 Å². The molecule has 4 rings (SSSR count). The molecule has 0 aliphatic rings. The van der Waals surface area contributed by atoms with Gasteiger partial charge in [0.25, 0.3) is 0 Å². The van der Waals surface area contributed by atoms with Gasteiger partial charge in [0.1, 0.15) is 0 Å². The molecule has 0 heterocycles. The van der Waals surface area contributed by atoms with Crippen LogP contribution in [0.5, 0.6) is 0 Å². The van der Waals surface area contributed by atoms with E-state index >= 15 is 0 Å². The zero-order valence-corrected chi connectivity index (χ0v) is 15.2. The Bertz CT molecular complexity index is 901. The Morgan fingerprint density at radius 3 is 0.615 bits per heavy atom. The van der Waals surface area contributed by atoms with Gasteiger partial charge in [-0.1, -0.05) is 108 Å². The van der Waals surface area contributed by atoms with Gasteiger partial charge in [-0.05, 0) is 47.2 Å². The van der Waals surface area contributed by atoms with Crippen LogP contribution in [-0.2, 0) is 0 Å². The quantitative estimate of drug-likeness (QED) is 0.368. The largest absolute Gasteiger partial charge is 0.0587 e. The number of hydrogen-bond donors (Lipinski definition) is 0. The van der Waals surface area contributed by atoms with E-state index in [0.717, 1.165) is 0 Å². The summed E-state index contributed by atoms with van der Waals surface area (Å²) in [5.74, 6) is 0. The third-order valence-corrected chi connectivity index (χ3v) is 4.87. The fourth-order valence-electron chi connectivity index (χ4n) is 3.20. The summed E-state index contributed by atoms with van der Waals surface area (Å²) < 4.78 is 0. The summed E-state index contributed by atoms with van der Waals surface area (Å²) >= 11 is 0. The van der Waals surface area contributed by atoms with E-state index in [4.69, 9.17) is 0 Å². The lowest BCUT2D eigenvalue weighted by Gasteiger charge is -2.07. The maximum absolute atomic E-state index is 2.20. The molecule has 0 bridgehead atoms. The molecule has 0 aliphatic carbocycles. The zero-order valence-electron chi connectivity index (χ0n) is 15.2. The van der Waals surface area contributed by atoms with Gasteiger partial charge in [0, 0.05) is 0 Å². The monoisotopic (exact) mass is 334 g/mol. The van der Waals surface area contributed by atoms with E-state index in [1.807, 2.05) is 0 Å². The van der Waals surface area contributed by atoms with Crippen molar-refractivity contribution in [1.29, 1.82) is 0 Å². The maximum atomic E-state index is 2.20.